The fourth-order valence-electron chi connectivity index (χ4n) is 6.18. The maximum atomic E-state index is 12.2. The maximum Gasteiger partial charge on any atom is 0.519 e. The van der Waals surface area contributed by atoms with Gasteiger partial charge in [0.15, 0.2) is 0 Å². The number of hydrogen-bond donors (Lipinski definition) is 3. The molecule has 2 saturated heterocycles. The van der Waals surface area contributed by atoms with Gasteiger partial charge in [-0.25, -0.2) is 24.0 Å². The highest BCUT2D eigenvalue weighted by Crippen LogP contribution is 2.26. The minimum Gasteiger partial charge on any atom is -0.444 e. The van der Waals surface area contributed by atoms with Crippen molar-refractivity contribution in [2.45, 2.75) is 117 Å². The number of carbonyl (C=O) groups excluding carboxylic acids is 3. The average Bonchev–Trinajstić information content (AvgIpc) is 3.58. The molecule has 2 aromatic heterocycles. The predicted molar refractivity (Wildman–Crippen MR) is 206 cm³/mol. The van der Waals surface area contributed by atoms with Crippen LogP contribution in [0.4, 0.5) is 14.4 Å². The Labute approximate surface area is 315 Å². The third-order valence-electron chi connectivity index (χ3n) is 8.35. The van der Waals surface area contributed by atoms with Crippen LogP contribution in [0.5, 0.6) is 0 Å². The molecule has 2 fully saturated rings. The highest BCUT2D eigenvalue weighted by atomic mass is 16.8. The largest absolute Gasteiger partial charge is 0.519 e. The molecule has 54 heavy (non-hydrogen) atoms. The summed E-state index contributed by atoms with van der Waals surface area (Å²) in [6, 6.07) is 16.0. The van der Waals surface area contributed by atoms with Gasteiger partial charge in [-0.05, 0) is 125 Å². The van der Waals surface area contributed by atoms with Crippen molar-refractivity contribution >= 4 is 40.5 Å². The van der Waals surface area contributed by atoms with Crippen LogP contribution in [0.25, 0.3) is 22.1 Å². The van der Waals surface area contributed by atoms with Gasteiger partial charge >= 0.3 is 29.8 Å². The number of nitrogens with zero attached hydrogens (tertiary/aromatic N) is 3. The van der Waals surface area contributed by atoms with E-state index in [4.69, 9.17) is 14.2 Å². The van der Waals surface area contributed by atoms with Crippen LogP contribution in [0.2, 0.25) is 0 Å². The van der Waals surface area contributed by atoms with Gasteiger partial charge in [0, 0.05) is 25.2 Å². The van der Waals surface area contributed by atoms with Crippen molar-refractivity contribution in [2.75, 3.05) is 26.2 Å². The Morgan fingerprint density at radius 3 is 1.39 bits per heavy atom. The number of carbonyl (C=O) groups is 3. The molecule has 0 spiro atoms. The Morgan fingerprint density at radius 2 is 0.981 bits per heavy atom. The number of fused-ring (bicyclic) bond motifs is 2. The van der Waals surface area contributed by atoms with Crippen LogP contribution in [0.15, 0.2) is 58.1 Å². The van der Waals surface area contributed by atoms with E-state index in [9.17, 15) is 24.0 Å². The van der Waals surface area contributed by atoms with E-state index in [2.05, 4.69) is 20.0 Å². The predicted octanol–water partition coefficient (Wildman–Crippen LogP) is 7.03. The lowest BCUT2D eigenvalue weighted by Gasteiger charge is -2.33. The minimum absolute atomic E-state index is 0.0214. The second kappa shape index (κ2) is 17.4. The van der Waals surface area contributed by atoms with Gasteiger partial charge in [0.2, 0.25) is 0 Å². The third-order valence-corrected chi connectivity index (χ3v) is 8.35. The first-order valence-corrected chi connectivity index (χ1v) is 18.4. The lowest BCUT2D eigenvalue weighted by atomic mass is 10.0. The minimum atomic E-state index is -1.06. The number of para-hydroxylation sites is 4. The van der Waals surface area contributed by atoms with Crippen molar-refractivity contribution in [3.05, 3.63) is 69.5 Å². The van der Waals surface area contributed by atoms with Gasteiger partial charge in [-0.1, -0.05) is 24.3 Å². The molecule has 2 aromatic carbocycles. The molecule has 15 heteroatoms. The van der Waals surface area contributed by atoms with Crippen LogP contribution in [0.1, 0.15) is 100 Å². The van der Waals surface area contributed by atoms with Gasteiger partial charge in [-0.2, -0.15) is 0 Å². The first kappa shape index (κ1) is 41.7. The Hall–Kier alpha value is -5.05. The SMILES string of the molecule is CC(C)(C)OC(=O)N1CCC(n2c(=O)[nH]c3ccccc32)CC1.CC(C)(C)OC(=O)OC(=O)OC(C)(C)C.O=c1[nH]c2ccccc2n1C1CCNCC1. The van der Waals surface area contributed by atoms with E-state index in [0.29, 0.717) is 19.1 Å². The van der Waals surface area contributed by atoms with Crippen molar-refractivity contribution in [1.29, 1.82) is 0 Å². The number of imidazole rings is 2. The number of aromatic nitrogens is 4. The fraction of sp³-hybridized carbons (Fsp3) is 0.564. The summed E-state index contributed by atoms with van der Waals surface area (Å²) in [7, 11) is 0. The number of hydrogen-bond acceptors (Lipinski definition) is 10. The molecule has 2 aliphatic heterocycles. The first-order chi connectivity index (χ1) is 25.2. The molecule has 15 nitrogen and oxygen atoms in total. The molecule has 4 heterocycles. The van der Waals surface area contributed by atoms with Crippen LogP contribution < -0.4 is 16.7 Å². The number of benzene rings is 2. The molecule has 4 aromatic rings. The summed E-state index contributed by atoms with van der Waals surface area (Å²) in [6.07, 6.45) is 1.17. The van der Waals surface area contributed by atoms with Crippen molar-refractivity contribution in [2.24, 2.45) is 0 Å². The third kappa shape index (κ3) is 12.3. The van der Waals surface area contributed by atoms with E-state index in [0.717, 1.165) is 60.8 Å². The molecule has 6 rings (SSSR count). The summed E-state index contributed by atoms with van der Waals surface area (Å²) in [5.74, 6) is 0. The van der Waals surface area contributed by atoms with Gasteiger partial charge in [0.25, 0.3) is 0 Å². The van der Waals surface area contributed by atoms with E-state index < -0.39 is 29.1 Å². The topological polar surface area (TPSA) is 179 Å². The maximum absolute atomic E-state index is 12.2. The standard InChI is InChI=1S/C17H23N3O3.C12H15N3O.C10H18O5/c1-17(2,3)23-16(22)19-10-8-12(9-11-19)20-14-7-5-4-6-13(14)18-15(20)21;16-12-14-10-3-1-2-4-11(10)15(12)9-5-7-13-8-6-9;1-9(2,3)14-7(11)13-8(12)15-10(4,5)6/h4-7,12H,8-11H2,1-3H3,(H,18,21);1-4,9,13H,5-8H2,(H,14,16);1-6H3. The van der Waals surface area contributed by atoms with Crippen LogP contribution in [0.3, 0.4) is 0 Å². The van der Waals surface area contributed by atoms with Gasteiger partial charge < -0.3 is 39.1 Å². The smallest absolute Gasteiger partial charge is 0.444 e. The van der Waals surface area contributed by atoms with Gasteiger partial charge in [0.05, 0.1) is 22.1 Å². The number of likely N-dealkylation sites (tertiary alicyclic amines) is 1. The second-order valence-corrected chi connectivity index (χ2v) is 16.3. The number of nitrogens with one attached hydrogen (secondary N) is 3. The van der Waals surface area contributed by atoms with Crippen molar-refractivity contribution in [3.8, 4) is 0 Å². The Balaban J connectivity index is 0.000000187. The van der Waals surface area contributed by atoms with E-state index in [1.165, 1.54) is 0 Å². The number of aromatic amines is 2. The second-order valence-electron chi connectivity index (χ2n) is 16.3. The number of rotatable bonds is 2. The van der Waals surface area contributed by atoms with Crippen LogP contribution >= 0.6 is 0 Å². The van der Waals surface area contributed by atoms with Crippen LogP contribution in [0, 0.1) is 0 Å². The monoisotopic (exact) mass is 752 g/mol. The molecule has 0 aliphatic carbocycles. The molecular formula is C39H56N6O9. The summed E-state index contributed by atoms with van der Waals surface area (Å²) in [5, 5.41) is 3.32. The number of piperidine rings is 2. The lowest BCUT2D eigenvalue weighted by Crippen LogP contribution is -2.43. The molecule has 1 amide bonds. The molecule has 296 valence electrons. The van der Waals surface area contributed by atoms with Crippen molar-refractivity contribution in [1.82, 2.24) is 29.3 Å². The van der Waals surface area contributed by atoms with Crippen molar-refractivity contribution in [3.63, 3.8) is 0 Å². The van der Waals surface area contributed by atoms with Crippen LogP contribution in [-0.4, -0.2) is 85.4 Å². The van der Waals surface area contributed by atoms with E-state index in [1.54, 1.807) is 46.4 Å². The highest BCUT2D eigenvalue weighted by molar-refractivity contribution is 5.77. The van der Waals surface area contributed by atoms with Gasteiger partial charge in [-0.15, -0.1) is 0 Å². The first-order valence-electron chi connectivity index (χ1n) is 18.4. The highest BCUT2D eigenvalue weighted by Gasteiger charge is 2.29. The van der Waals surface area contributed by atoms with E-state index in [1.807, 2.05) is 78.4 Å². The zero-order chi connectivity index (χ0) is 39.8. The molecule has 2 aliphatic rings. The summed E-state index contributed by atoms with van der Waals surface area (Å²) in [6.45, 7) is 18.8. The lowest BCUT2D eigenvalue weighted by molar-refractivity contribution is -0.0294. The molecule has 0 bridgehead atoms. The number of amides is 1. The Bertz CT molecular complexity index is 1960. The number of ether oxygens (including phenoxy) is 4. The summed E-state index contributed by atoms with van der Waals surface area (Å²) >= 11 is 0. The quantitative estimate of drug-likeness (QED) is 0.109. The molecule has 3 N–H and O–H groups in total. The summed E-state index contributed by atoms with van der Waals surface area (Å²) in [4.78, 5) is 65.8. The molecule has 0 saturated carbocycles. The molecule has 0 atom stereocenters. The summed E-state index contributed by atoms with van der Waals surface area (Å²) in [5.41, 5.74) is 1.81. The Morgan fingerprint density at radius 1 is 0.593 bits per heavy atom. The van der Waals surface area contributed by atoms with E-state index in [-0.39, 0.29) is 23.5 Å². The molecule has 0 unspecified atom stereocenters. The van der Waals surface area contributed by atoms with Crippen LogP contribution in [-0.2, 0) is 18.9 Å². The zero-order valence-corrected chi connectivity index (χ0v) is 32.9. The fourth-order valence-corrected chi connectivity index (χ4v) is 6.18. The normalized spacial score (nSPS) is 15.8. The molecule has 0 radical (unpaired) electrons. The molecular weight excluding hydrogens is 696 g/mol. The number of H-pyrrole nitrogens is 2. The average molecular weight is 753 g/mol. The zero-order valence-electron chi connectivity index (χ0n) is 32.9. The van der Waals surface area contributed by atoms with Gasteiger partial charge in [-0.3, -0.25) is 9.13 Å². The van der Waals surface area contributed by atoms with Crippen molar-refractivity contribution < 1.29 is 33.3 Å². The summed E-state index contributed by atoms with van der Waals surface area (Å²) < 4.78 is 22.9. The van der Waals surface area contributed by atoms with Gasteiger partial charge in [0.1, 0.15) is 16.8 Å². The van der Waals surface area contributed by atoms with E-state index >= 15 is 0 Å². The Kier molecular flexibility index (Phi) is 13.4.